The normalized spacial score (nSPS) is 25.8. The second-order valence-electron chi connectivity index (χ2n) is 6.20. The summed E-state index contributed by atoms with van der Waals surface area (Å²) in [4.78, 5) is 24.4. The first-order chi connectivity index (χ1) is 9.65. The largest absolute Gasteiger partial charge is 0.352 e. The van der Waals surface area contributed by atoms with Crippen LogP contribution in [0, 0.1) is 11.8 Å². The highest BCUT2D eigenvalue weighted by atomic mass is 16.1. The van der Waals surface area contributed by atoms with Crippen molar-refractivity contribution in [3.8, 4) is 0 Å². The predicted molar refractivity (Wildman–Crippen MR) is 77.9 cm³/mol. The minimum atomic E-state index is -0.0434. The standard InChI is InChI=1S/C17H21NO2/c1-11-2-4-13(5-3-11)16(19)14-7-6-12-8-9-18-17(20)15(12)10-14/h6-7,10-11,13H,2-5,8-9H2,1H3,(H,18,20). The molecule has 1 aliphatic heterocycles. The van der Waals surface area contributed by atoms with Crippen LogP contribution >= 0.6 is 0 Å². The zero-order chi connectivity index (χ0) is 14.1. The number of hydrogen-bond donors (Lipinski definition) is 1. The van der Waals surface area contributed by atoms with E-state index in [1.54, 1.807) is 6.07 Å². The molecule has 0 radical (unpaired) electrons. The third-order valence-corrected chi connectivity index (χ3v) is 4.71. The maximum atomic E-state index is 12.6. The molecule has 0 aromatic heterocycles. The lowest BCUT2D eigenvalue weighted by molar-refractivity contribution is 0.0875. The molecule has 1 aromatic carbocycles. The van der Waals surface area contributed by atoms with Crippen molar-refractivity contribution >= 4 is 11.7 Å². The molecule has 1 aromatic rings. The van der Waals surface area contributed by atoms with E-state index in [2.05, 4.69) is 12.2 Å². The van der Waals surface area contributed by atoms with Crippen LogP contribution in [0.25, 0.3) is 0 Å². The Balaban J connectivity index is 1.82. The number of rotatable bonds is 2. The lowest BCUT2D eigenvalue weighted by Crippen LogP contribution is -2.32. The summed E-state index contributed by atoms with van der Waals surface area (Å²) in [6, 6.07) is 5.65. The second-order valence-corrected chi connectivity index (χ2v) is 6.20. The van der Waals surface area contributed by atoms with E-state index in [0.29, 0.717) is 17.7 Å². The fourth-order valence-corrected chi connectivity index (χ4v) is 3.32. The van der Waals surface area contributed by atoms with Gasteiger partial charge in [-0.1, -0.05) is 31.9 Å². The molecule has 0 unspecified atom stereocenters. The molecular weight excluding hydrogens is 250 g/mol. The number of nitrogens with one attached hydrogen (secondary N) is 1. The number of fused-ring (bicyclic) bond motifs is 1. The summed E-state index contributed by atoms with van der Waals surface area (Å²) in [5, 5.41) is 2.84. The summed E-state index contributed by atoms with van der Waals surface area (Å²) in [7, 11) is 0. The van der Waals surface area contributed by atoms with Crippen LogP contribution in [0.4, 0.5) is 0 Å². The molecule has 1 N–H and O–H groups in total. The molecule has 1 amide bonds. The molecule has 0 saturated heterocycles. The Morgan fingerprint density at radius 1 is 1.20 bits per heavy atom. The van der Waals surface area contributed by atoms with Crippen LogP contribution < -0.4 is 5.32 Å². The van der Waals surface area contributed by atoms with Crippen molar-refractivity contribution in [1.29, 1.82) is 0 Å². The van der Waals surface area contributed by atoms with E-state index >= 15 is 0 Å². The van der Waals surface area contributed by atoms with Crippen LogP contribution in [0.5, 0.6) is 0 Å². The van der Waals surface area contributed by atoms with E-state index in [4.69, 9.17) is 0 Å². The van der Waals surface area contributed by atoms with Gasteiger partial charge in [-0.05, 0) is 36.8 Å². The number of amides is 1. The van der Waals surface area contributed by atoms with Crippen molar-refractivity contribution < 1.29 is 9.59 Å². The Bertz CT molecular complexity index is 542. The zero-order valence-corrected chi connectivity index (χ0v) is 11.9. The van der Waals surface area contributed by atoms with E-state index in [1.807, 2.05) is 12.1 Å². The van der Waals surface area contributed by atoms with Gasteiger partial charge in [-0.2, -0.15) is 0 Å². The van der Waals surface area contributed by atoms with Crippen LogP contribution in [0.15, 0.2) is 18.2 Å². The molecule has 1 heterocycles. The van der Waals surface area contributed by atoms with Crippen LogP contribution in [0.1, 0.15) is 58.9 Å². The van der Waals surface area contributed by atoms with Crippen LogP contribution in [0.2, 0.25) is 0 Å². The van der Waals surface area contributed by atoms with Crippen molar-refractivity contribution in [1.82, 2.24) is 5.32 Å². The number of ketones is 1. The summed E-state index contributed by atoms with van der Waals surface area (Å²) in [6.45, 7) is 2.95. The molecule has 2 aliphatic rings. The van der Waals surface area contributed by atoms with E-state index in [1.165, 1.54) is 0 Å². The minimum absolute atomic E-state index is 0.0434. The van der Waals surface area contributed by atoms with Gasteiger partial charge in [0.1, 0.15) is 0 Å². The van der Waals surface area contributed by atoms with Crippen molar-refractivity contribution in [2.75, 3.05) is 6.54 Å². The average molecular weight is 271 g/mol. The number of benzene rings is 1. The molecule has 3 rings (SSSR count). The highest BCUT2D eigenvalue weighted by molar-refractivity contribution is 6.02. The van der Waals surface area contributed by atoms with Gasteiger partial charge in [-0.25, -0.2) is 0 Å². The topological polar surface area (TPSA) is 46.2 Å². The SMILES string of the molecule is CC1CCC(C(=O)c2ccc3c(c2)C(=O)NCC3)CC1. The minimum Gasteiger partial charge on any atom is -0.352 e. The van der Waals surface area contributed by atoms with Crippen LogP contribution in [-0.2, 0) is 6.42 Å². The Labute approximate surface area is 119 Å². The van der Waals surface area contributed by atoms with E-state index in [0.717, 1.165) is 43.6 Å². The molecule has 0 bridgehead atoms. The fourth-order valence-electron chi connectivity index (χ4n) is 3.32. The smallest absolute Gasteiger partial charge is 0.251 e. The first kappa shape index (κ1) is 13.3. The Hall–Kier alpha value is -1.64. The zero-order valence-electron chi connectivity index (χ0n) is 11.9. The molecule has 3 heteroatoms. The van der Waals surface area contributed by atoms with Gasteiger partial charge < -0.3 is 5.32 Å². The van der Waals surface area contributed by atoms with Gasteiger partial charge in [0.2, 0.25) is 0 Å². The Morgan fingerprint density at radius 2 is 1.95 bits per heavy atom. The average Bonchev–Trinajstić information content (AvgIpc) is 2.47. The molecule has 106 valence electrons. The predicted octanol–water partition coefficient (Wildman–Crippen LogP) is 2.98. The Morgan fingerprint density at radius 3 is 2.70 bits per heavy atom. The lowest BCUT2D eigenvalue weighted by atomic mass is 9.79. The third kappa shape index (κ3) is 2.49. The van der Waals surface area contributed by atoms with Gasteiger partial charge in [0.15, 0.2) is 5.78 Å². The fraction of sp³-hybridized carbons (Fsp3) is 0.529. The second kappa shape index (κ2) is 5.39. The molecule has 20 heavy (non-hydrogen) atoms. The quantitative estimate of drug-likeness (QED) is 0.841. The van der Waals surface area contributed by atoms with Gasteiger partial charge in [-0.3, -0.25) is 9.59 Å². The lowest BCUT2D eigenvalue weighted by Gasteiger charge is -2.25. The highest BCUT2D eigenvalue weighted by Gasteiger charge is 2.26. The van der Waals surface area contributed by atoms with Gasteiger partial charge >= 0.3 is 0 Å². The van der Waals surface area contributed by atoms with Crippen molar-refractivity contribution in [2.24, 2.45) is 11.8 Å². The molecule has 0 atom stereocenters. The summed E-state index contributed by atoms with van der Waals surface area (Å²) >= 11 is 0. The first-order valence-corrected chi connectivity index (χ1v) is 7.60. The van der Waals surface area contributed by atoms with Crippen LogP contribution in [-0.4, -0.2) is 18.2 Å². The maximum Gasteiger partial charge on any atom is 0.251 e. The van der Waals surface area contributed by atoms with Crippen molar-refractivity contribution in [2.45, 2.75) is 39.0 Å². The van der Waals surface area contributed by atoms with Gasteiger partial charge in [0, 0.05) is 23.6 Å². The van der Waals surface area contributed by atoms with Gasteiger partial charge in [0.25, 0.3) is 5.91 Å². The number of hydrogen-bond acceptors (Lipinski definition) is 2. The molecule has 1 fully saturated rings. The van der Waals surface area contributed by atoms with E-state index in [9.17, 15) is 9.59 Å². The van der Waals surface area contributed by atoms with E-state index < -0.39 is 0 Å². The number of carbonyl (C=O) groups excluding carboxylic acids is 2. The van der Waals surface area contributed by atoms with Gasteiger partial charge in [0.05, 0.1) is 0 Å². The maximum absolute atomic E-state index is 12.6. The molecule has 0 spiro atoms. The summed E-state index contributed by atoms with van der Waals surface area (Å²) in [6.07, 6.45) is 5.12. The van der Waals surface area contributed by atoms with Crippen molar-refractivity contribution in [3.63, 3.8) is 0 Å². The summed E-state index contributed by atoms with van der Waals surface area (Å²) < 4.78 is 0. The monoisotopic (exact) mass is 271 g/mol. The Kier molecular flexibility index (Phi) is 3.60. The van der Waals surface area contributed by atoms with Crippen molar-refractivity contribution in [3.05, 3.63) is 34.9 Å². The highest BCUT2D eigenvalue weighted by Crippen LogP contribution is 2.31. The first-order valence-electron chi connectivity index (χ1n) is 7.60. The van der Waals surface area contributed by atoms with Gasteiger partial charge in [-0.15, -0.1) is 0 Å². The number of carbonyl (C=O) groups is 2. The molecule has 1 aliphatic carbocycles. The molecule has 1 saturated carbocycles. The molecule has 3 nitrogen and oxygen atoms in total. The summed E-state index contributed by atoms with van der Waals surface area (Å²) in [5.74, 6) is 1.07. The number of Topliss-reactive ketones (excluding diaryl/α,β-unsaturated/α-hetero) is 1. The van der Waals surface area contributed by atoms with Crippen LogP contribution in [0.3, 0.4) is 0 Å². The molecular formula is C17H21NO2. The van der Waals surface area contributed by atoms with E-state index in [-0.39, 0.29) is 17.6 Å². The third-order valence-electron chi connectivity index (χ3n) is 4.71. The summed E-state index contributed by atoms with van der Waals surface area (Å²) in [5.41, 5.74) is 2.45.